The number of esters is 1. The fraction of sp³-hybridized carbons (Fsp3) is 0.833. The second-order valence-corrected chi connectivity index (χ2v) is 4.49. The Morgan fingerprint density at radius 3 is 2.47 bits per heavy atom. The van der Waals surface area contributed by atoms with Crippen molar-refractivity contribution in [2.45, 2.75) is 50.8 Å². The quantitative estimate of drug-likeness (QED) is 0.394. The van der Waals surface area contributed by atoms with Crippen molar-refractivity contribution in [3.8, 4) is 0 Å². The summed E-state index contributed by atoms with van der Waals surface area (Å²) in [7, 11) is 1.27. The lowest BCUT2D eigenvalue weighted by Crippen LogP contribution is -2.34. The minimum absolute atomic E-state index is 0.0592. The topological polar surface area (TPSA) is 55.4 Å². The van der Waals surface area contributed by atoms with Gasteiger partial charge in [0.1, 0.15) is 5.38 Å². The Bertz CT molecular complexity index is 234. The van der Waals surface area contributed by atoms with E-state index in [1.165, 1.54) is 26.4 Å². The van der Waals surface area contributed by atoms with Crippen LogP contribution in [-0.2, 0) is 14.3 Å². The van der Waals surface area contributed by atoms with Crippen LogP contribution < -0.4 is 5.32 Å². The van der Waals surface area contributed by atoms with Crippen LogP contribution >= 0.6 is 11.6 Å². The summed E-state index contributed by atoms with van der Waals surface area (Å²) in [5.41, 5.74) is 0. The van der Waals surface area contributed by atoms with Gasteiger partial charge in [0.2, 0.25) is 5.91 Å². The fourth-order valence-corrected chi connectivity index (χ4v) is 1.56. The number of ether oxygens (including phenoxy) is 1. The molecular weight excluding hydrogens is 242 g/mol. The predicted octanol–water partition coefficient (Wildman–Crippen LogP) is 2.24. The first-order valence-electron chi connectivity index (χ1n) is 6.10. The summed E-state index contributed by atoms with van der Waals surface area (Å²) in [5.74, 6) is -0.578. The van der Waals surface area contributed by atoms with Crippen molar-refractivity contribution in [2.75, 3.05) is 13.7 Å². The molecule has 1 atom stereocenters. The number of amides is 1. The summed E-state index contributed by atoms with van der Waals surface area (Å²) in [5, 5.41) is 1.82. The zero-order valence-electron chi connectivity index (χ0n) is 10.6. The highest BCUT2D eigenvalue weighted by molar-refractivity contribution is 6.30. The molecule has 0 heterocycles. The number of hydrogen-bond donors (Lipinski definition) is 1. The zero-order valence-corrected chi connectivity index (χ0v) is 11.4. The second-order valence-electron chi connectivity index (χ2n) is 3.96. The van der Waals surface area contributed by atoms with Crippen LogP contribution in [0.4, 0.5) is 0 Å². The number of carbonyl (C=O) groups is 2. The first-order chi connectivity index (χ1) is 8.11. The number of nitrogens with one attached hydrogen (secondary N) is 1. The number of carbonyl (C=O) groups excluding carboxylic acids is 2. The standard InChI is InChI=1S/C12H22ClNO3/c1-3-4-5-6-7-8-11(15)14-9-10(13)12(16)17-2/h10H,3-9H2,1-2H3,(H,14,15). The lowest BCUT2D eigenvalue weighted by atomic mass is 10.1. The van der Waals surface area contributed by atoms with Gasteiger partial charge in [-0.05, 0) is 6.42 Å². The molecule has 0 saturated carbocycles. The van der Waals surface area contributed by atoms with Gasteiger partial charge < -0.3 is 10.1 Å². The maximum Gasteiger partial charge on any atom is 0.325 e. The van der Waals surface area contributed by atoms with Gasteiger partial charge in [0.05, 0.1) is 7.11 Å². The van der Waals surface area contributed by atoms with Gasteiger partial charge in [-0.25, -0.2) is 0 Å². The Morgan fingerprint density at radius 2 is 1.88 bits per heavy atom. The monoisotopic (exact) mass is 263 g/mol. The molecule has 0 aliphatic carbocycles. The van der Waals surface area contributed by atoms with Crippen LogP contribution in [0.5, 0.6) is 0 Å². The van der Waals surface area contributed by atoms with Gasteiger partial charge in [-0.1, -0.05) is 32.6 Å². The van der Waals surface area contributed by atoms with Gasteiger partial charge in [0.25, 0.3) is 0 Å². The van der Waals surface area contributed by atoms with E-state index in [0.717, 1.165) is 12.8 Å². The van der Waals surface area contributed by atoms with Gasteiger partial charge in [-0.2, -0.15) is 0 Å². The van der Waals surface area contributed by atoms with Crippen molar-refractivity contribution >= 4 is 23.5 Å². The number of hydrogen-bond acceptors (Lipinski definition) is 3. The van der Waals surface area contributed by atoms with Crippen LogP contribution in [0.2, 0.25) is 0 Å². The van der Waals surface area contributed by atoms with Crippen LogP contribution in [0.25, 0.3) is 0 Å². The third-order valence-electron chi connectivity index (χ3n) is 2.44. The molecule has 0 aliphatic rings. The van der Waals surface area contributed by atoms with E-state index >= 15 is 0 Å². The van der Waals surface area contributed by atoms with Crippen LogP contribution in [0, 0.1) is 0 Å². The molecule has 17 heavy (non-hydrogen) atoms. The van der Waals surface area contributed by atoms with Gasteiger partial charge in [-0.15, -0.1) is 11.6 Å². The molecule has 0 rings (SSSR count). The largest absolute Gasteiger partial charge is 0.468 e. The van der Waals surface area contributed by atoms with Crippen LogP contribution in [0.15, 0.2) is 0 Å². The Labute approximate surface area is 108 Å². The van der Waals surface area contributed by atoms with E-state index < -0.39 is 11.3 Å². The van der Waals surface area contributed by atoms with Gasteiger partial charge in [-0.3, -0.25) is 9.59 Å². The molecule has 0 bridgehead atoms. The van der Waals surface area contributed by atoms with E-state index in [4.69, 9.17) is 11.6 Å². The van der Waals surface area contributed by atoms with E-state index in [1.54, 1.807) is 0 Å². The molecule has 100 valence electrons. The smallest absolute Gasteiger partial charge is 0.325 e. The van der Waals surface area contributed by atoms with E-state index in [-0.39, 0.29) is 12.5 Å². The summed E-state index contributed by atoms with van der Waals surface area (Å²) < 4.78 is 4.45. The highest BCUT2D eigenvalue weighted by atomic mass is 35.5. The number of alkyl halides is 1. The molecule has 0 aromatic rings. The Balaban J connectivity index is 3.49. The molecule has 0 saturated heterocycles. The third kappa shape index (κ3) is 8.98. The van der Waals surface area contributed by atoms with Crippen molar-refractivity contribution in [1.82, 2.24) is 5.32 Å². The first-order valence-corrected chi connectivity index (χ1v) is 6.54. The fourth-order valence-electron chi connectivity index (χ4n) is 1.39. The molecule has 0 fully saturated rings. The van der Waals surface area contributed by atoms with E-state index in [0.29, 0.717) is 6.42 Å². The second kappa shape index (κ2) is 10.4. The van der Waals surface area contributed by atoms with E-state index in [1.807, 2.05) is 0 Å². The molecule has 1 amide bonds. The molecule has 4 nitrogen and oxygen atoms in total. The van der Waals surface area contributed by atoms with Crippen molar-refractivity contribution in [3.63, 3.8) is 0 Å². The molecule has 5 heteroatoms. The van der Waals surface area contributed by atoms with Crippen molar-refractivity contribution in [1.29, 1.82) is 0 Å². The highest BCUT2D eigenvalue weighted by Crippen LogP contribution is 2.05. The summed E-state index contributed by atoms with van der Waals surface area (Å²) >= 11 is 5.69. The highest BCUT2D eigenvalue weighted by Gasteiger charge is 2.16. The number of rotatable bonds is 9. The Kier molecular flexibility index (Phi) is 9.92. The van der Waals surface area contributed by atoms with E-state index in [9.17, 15) is 9.59 Å². The summed E-state index contributed by atoms with van der Waals surface area (Å²) in [6.07, 6.45) is 6.03. The van der Waals surface area contributed by atoms with Crippen LogP contribution in [-0.4, -0.2) is 30.9 Å². The summed E-state index contributed by atoms with van der Waals surface area (Å²) in [6.45, 7) is 2.28. The molecule has 0 aliphatic heterocycles. The van der Waals surface area contributed by atoms with Crippen LogP contribution in [0.1, 0.15) is 45.4 Å². The molecule has 0 radical (unpaired) electrons. The number of methoxy groups -OCH3 is 1. The minimum atomic E-state index is -0.802. The van der Waals surface area contributed by atoms with Gasteiger partial charge >= 0.3 is 5.97 Å². The first kappa shape index (κ1) is 16.2. The van der Waals surface area contributed by atoms with Gasteiger partial charge in [0.15, 0.2) is 0 Å². The number of halogens is 1. The maximum absolute atomic E-state index is 11.4. The zero-order chi connectivity index (χ0) is 13.1. The number of unbranched alkanes of at least 4 members (excludes halogenated alkanes) is 4. The lowest BCUT2D eigenvalue weighted by molar-refractivity contribution is -0.140. The van der Waals surface area contributed by atoms with Crippen molar-refractivity contribution < 1.29 is 14.3 Å². The van der Waals surface area contributed by atoms with Crippen molar-refractivity contribution in [3.05, 3.63) is 0 Å². The average Bonchev–Trinajstić information content (AvgIpc) is 2.34. The molecule has 1 N–H and O–H groups in total. The Hall–Kier alpha value is -0.770. The van der Waals surface area contributed by atoms with E-state index in [2.05, 4.69) is 17.0 Å². The molecule has 0 aromatic heterocycles. The summed E-state index contributed by atoms with van der Waals surface area (Å²) in [4.78, 5) is 22.3. The Morgan fingerprint density at radius 1 is 1.24 bits per heavy atom. The maximum atomic E-state index is 11.4. The van der Waals surface area contributed by atoms with Gasteiger partial charge in [0, 0.05) is 13.0 Å². The molecule has 0 spiro atoms. The molecule has 1 unspecified atom stereocenters. The minimum Gasteiger partial charge on any atom is -0.468 e. The molecule has 0 aromatic carbocycles. The summed E-state index contributed by atoms with van der Waals surface area (Å²) in [6, 6.07) is 0. The SMILES string of the molecule is CCCCCCCC(=O)NCC(Cl)C(=O)OC. The third-order valence-corrected chi connectivity index (χ3v) is 2.78. The average molecular weight is 264 g/mol. The lowest BCUT2D eigenvalue weighted by Gasteiger charge is -2.08. The van der Waals surface area contributed by atoms with Crippen LogP contribution in [0.3, 0.4) is 0 Å². The normalized spacial score (nSPS) is 11.9. The van der Waals surface area contributed by atoms with Crippen molar-refractivity contribution in [2.24, 2.45) is 0 Å². The molecular formula is C12H22ClNO3. The predicted molar refractivity (Wildman–Crippen MR) is 68.0 cm³/mol.